The standard InChI is InChI=1S/C16H30N2O4/c1-4-22-16(20)5-6-18(15(19)13-14(2)3)8-7-17-9-11-21-12-10-17/h14H,4-13H2,1-3H3. The molecule has 0 atom stereocenters. The molecule has 0 bridgehead atoms. The molecule has 1 rings (SSSR count). The van der Waals surface area contributed by atoms with Gasteiger partial charge in [0.25, 0.3) is 0 Å². The molecule has 128 valence electrons. The molecule has 6 heteroatoms. The normalized spacial score (nSPS) is 15.8. The van der Waals surface area contributed by atoms with Gasteiger partial charge in [0.15, 0.2) is 0 Å². The van der Waals surface area contributed by atoms with E-state index >= 15 is 0 Å². The van der Waals surface area contributed by atoms with Gasteiger partial charge in [0.2, 0.25) is 5.91 Å². The number of carbonyl (C=O) groups is 2. The highest BCUT2D eigenvalue weighted by Gasteiger charge is 2.18. The van der Waals surface area contributed by atoms with Crippen molar-refractivity contribution in [2.75, 3.05) is 52.5 Å². The second kappa shape index (κ2) is 10.6. The third-order valence-corrected chi connectivity index (χ3v) is 3.62. The van der Waals surface area contributed by atoms with Crippen LogP contribution in [0.3, 0.4) is 0 Å². The zero-order valence-electron chi connectivity index (χ0n) is 14.2. The summed E-state index contributed by atoms with van der Waals surface area (Å²) in [5, 5.41) is 0. The molecule has 6 nitrogen and oxygen atoms in total. The Labute approximate surface area is 133 Å². The van der Waals surface area contributed by atoms with Crippen molar-refractivity contribution in [3.8, 4) is 0 Å². The predicted molar refractivity (Wildman–Crippen MR) is 84.5 cm³/mol. The minimum Gasteiger partial charge on any atom is -0.466 e. The van der Waals surface area contributed by atoms with Crippen LogP contribution < -0.4 is 0 Å². The van der Waals surface area contributed by atoms with Crippen LogP contribution in [0.4, 0.5) is 0 Å². The van der Waals surface area contributed by atoms with Gasteiger partial charge in [0, 0.05) is 39.1 Å². The van der Waals surface area contributed by atoms with E-state index in [0.29, 0.717) is 32.0 Å². The first-order chi connectivity index (χ1) is 10.5. The fraction of sp³-hybridized carbons (Fsp3) is 0.875. The van der Waals surface area contributed by atoms with E-state index in [0.717, 1.165) is 32.8 Å². The van der Waals surface area contributed by atoms with Crippen molar-refractivity contribution in [3.05, 3.63) is 0 Å². The van der Waals surface area contributed by atoms with Crippen LogP contribution in [0.2, 0.25) is 0 Å². The minimum atomic E-state index is -0.240. The molecule has 1 fully saturated rings. The van der Waals surface area contributed by atoms with Crippen LogP contribution in [0.1, 0.15) is 33.6 Å². The number of esters is 1. The molecule has 0 N–H and O–H groups in total. The largest absolute Gasteiger partial charge is 0.466 e. The number of hydrogen-bond acceptors (Lipinski definition) is 5. The first-order valence-electron chi connectivity index (χ1n) is 8.26. The highest BCUT2D eigenvalue weighted by atomic mass is 16.5. The van der Waals surface area contributed by atoms with E-state index in [1.165, 1.54) is 0 Å². The van der Waals surface area contributed by atoms with Gasteiger partial charge in [0.1, 0.15) is 0 Å². The van der Waals surface area contributed by atoms with Crippen molar-refractivity contribution in [2.24, 2.45) is 5.92 Å². The molecular weight excluding hydrogens is 284 g/mol. The lowest BCUT2D eigenvalue weighted by atomic mass is 10.1. The van der Waals surface area contributed by atoms with Gasteiger partial charge in [-0.3, -0.25) is 14.5 Å². The number of amides is 1. The van der Waals surface area contributed by atoms with E-state index in [1.807, 2.05) is 13.8 Å². The fourth-order valence-electron chi connectivity index (χ4n) is 2.39. The Morgan fingerprint density at radius 1 is 1.23 bits per heavy atom. The number of morpholine rings is 1. The van der Waals surface area contributed by atoms with Crippen molar-refractivity contribution < 1.29 is 19.1 Å². The number of hydrogen-bond donors (Lipinski definition) is 0. The Bertz CT molecular complexity index is 341. The Hall–Kier alpha value is -1.14. The Kier molecular flexibility index (Phi) is 9.08. The van der Waals surface area contributed by atoms with Crippen LogP contribution in [0, 0.1) is 5.92 Å². The molecule has 1 heterocycles. The molecule has 0 spiro atoms. The third-order valence-electron chi connectivity index (χ3n) is 3.62. The van der Waals surface area contributed by atoms with Crippen molar-refractivity contribution in [2.45, 2.75) is 33.6 Å². The number of rotatable bonds is 9. The van der Waals surface area contributed by atoms with Crippen LogP contribution >= 0.6 is 0 Å². The lowest BCUT2D eigenvalue weighted by Gasteiger charge is -2.30. The molecular formula is C16H30N2O4. The van der Waals surface area contributed by atoms with Crippen molar-refractivity contribution in [1.29, 1.82) is 0 Å². The van der Waals surface area contributed by atoms with Gasteiger partial charge in [-0.2, -0.15) is 0 Å². The molecule has 1 aliphatic heterocycles. The van der Waals surface area contributed by atoms with E-state index in [1.54, 1.807) is 11.8 Å². The average molecular weight is 314 g/mol. The highest BCUT2D eigenvalue weighted by molar-refractivity contribution is 5.77. The van der Waals surface area contributed by atoms with Gasteiger partial charge in [-0.1, -0.05) is 13.8 Å². The van der Waals surface area contributed by atoms with E-state index < -0.39 is 0 Å². The maximum absolute atomic E-state index is 12.3. The van der Waals surface area contributed by atoms with E-state index in [-0.39, 0.29) is 18.3 Å². The Balaban J connectivity index is 2.45. The van der Waals surface area contributed by atoms with Gasteiger partial charge in [-0.05, 0) is 12.8 Å². The average Bonchev–Trinajstić information content (AvgIpc) is 2.47. The molecule has 0 aliphatic carbocycles. The second-order valence-electron chi connectivity index (χ2n) is 5.99. The number of carbonyl (C=O) groups excluding carboxylic acids is 2. The molecule has 22 heavy (non-hydrogen) atoms. The molecule has 0 aromatic heterocycles. The molecule has 0 saturated carbocycles. The Morgan fingerprint density at radius 2 is 1.91 bits per heavy atom. The van der Waals surface area contributed by atoms with Crippen LogP contribution in [0.25, 0.3) is 0 Å². The lowest BCUT2D eigenvalue weighted by Crippen LogP contribution is -2.43. The zero-order chi connectivity index (χ0) is 16.4. The van der Waals surface area contributed by atoms with Gasteiger partial charge in [-0.15, -0.1) is 0 Å². The molecule has 1 saturated heterocycles. The van der Waals surface area contributed by atoms with Gasteiger partial charge in [0.05, 0.1) is 26.2 Å². The van der Waals surface area contributed by atoms with Crippen molar-refractivity contribution in [3.63, 3.8) is 0 Å². The summed E-state index contributed by atoms with van der Waals surface area (Å²) in [5.41, 5.74) is 0. The third kappa shape index (κ3) is 7.75. The quantitative estimate of drug-likeness (QED) is 0.598. The second-order valence-corrected chi connectivity index (χ2v) is 5.99. The van der Waals surface area contributed by atoms with E-state index in [2.05, 4.69) is 4.90 Å². The smallest absolute Gasteiger partial charge is 0.307 e. The molecule has 0 aromatic rings. The predicted octanol–water partition coefficient (Wildman–Crippen LogP) is 1.15. The summed E-state index contributed by atoms with van der Waals surface area (Å²) in [6.45, 7) is 11.5. The highest BCUT2D eigenvalue weighted by Crippen LogP contribution is 2.06. The van der Waals surface area contributed by atoms with E-state index in [9.17, 15) is 9.59 Å². The monoisotopic (exact) mass is 314 g/mol. The maximum Gasteiger partial charge on any atom is 0.307 e. The van der Waals surface area contributed by atoms with Crippen LogP contribution in [-0.4, -0.2) is 74.2 Å². The molecule has 0 unspecified atom stereocenters. The van der Waals surface area contributed by atoms with Gasteiger partial charge < -0.3 is 14.4 Å². The fourth-order valence-corrected chi connectivity index (χ4v) is 2.39. The summed E-state index contributed by atoms with van der Waals surface area (Å²) >= 11 is 0. The van der Waals surface area contributed by atoms with Crippen molar-refractivity contribution >= 4 is 11.9 Å². The maximum atomic E-state index is 12.3. The van der Waals surface area contributed by atoms with Crippen molar-refractivity contribution in [1.82, 2.24) is 9.80 Å². The summed E-state index contributed by atoms with van der Waals surface area (Å²) in [6.07, 6.45) is 0.784. The summed E-state index contributed by atoms with van der Waals surface area (Å²) in [4.78, 5) is 27.9. The zero-order valence-corrected chi connectivity index (χ0v) is 14.2. The van der Waals surface area contributed by atoms with Gasteiger partial charge >= 0.3 is 5.97 Å². The lowest BCUT2D eigenvalue weighted by molar-refractivity contribution is -0.144. The summed E-state index contributed by atoms with van der Waals surface area (Å²) < 4.78 is 10.3. The van der Waals surface area contributed by atoms with Crippen LogP contribution in [0.5, 0.6) is 0 Å². The molecule has 1 amide bonds. The molecule has 1 aliphatic rings. The number of nitrogens with zero attached hydrogens (tertiary/aromatic N) is 2. The van der Waals surface area contributed by atoms with Crippen LogP contribution in [0.15, 0.2) is 0 Å². The Morgan fingerprint density at radius 3 is 2.50 bits per heavy atom. The summed E-state index contributed by atoms with van der Waals surface area (Å²) in [6, 6.07) is 0. The summed E-state index contributed by atoms with van der Waals surface area (Å²) in [7, 11) is 0. The topological polar surface area (TPSA) is 59.1 Å². The van der Waals surface area contributed by atoms with Crippen LogP contribution in [-0.2, 0) is 19.1 Å². The summed E-state index contributed by atoms with van der Waals surface area (Å²) in [5.74, 6) is 0.199. The molecule has 0 aromatic carbocycles. The first-order valence-corrected chi connectivity index (χ1v) is 8.26. The van der Waals surface area contributed by atoms with Gasteiger partial charge in [-0.25, -0.2) is 0 Å². The molecule has 0 radical (unpaired) electrons. The minimum absolute atomic E-state index is 0.118. The SMILES string of the molecule is CCOC(=O)CCN(CCN1CCOCC1)C(=O)CC(C)C. The first kappa shape index (κ1) is 18.9. The number of ether oxygens (including phenoxy) is 2. The van der Waals surface area contributed by atoms with E-state index in [4.69, 9.17) is 9.47 Å².